The van der Waals surface area contributed by atoms with Crippen LogP contribution in [0.4, 0.5) is 13.2 Å². The number of nitrogens with zero attached hydrogens (tertiary/aromatic N) is 1. The minimum absolute atomic E-state index is 0.0747. The van der Waals surface area contributed by atoms with Gasteiger partial charge in [0.25, 0.3) is 0 Å². The van der Waals surface area contributed by atoms with Crippen LogP contribution >= 0.6 is 0 Å². The summed E-state index contributed by atoms with van der Waals surface area (Å²) in [6.45, 7) is 5.58. The van der Waals surface area contributed by atoms with Crippen molar-refractivity contribution >= 4 is 5.96 Å². The molecule has 0 spiro atoms. The lowest BCUT2D eigenvalue weighted by Gasteiger charge is -2.36. The molecule has 0 saturated heterocycles. The zero-order valence-electron chi connectivity index (χ0n) is 12.2. The molecule has 0 aromatic rings. The molecule has 1 rings (SSSR count). The number of hydrogen-bond donors (Lipinski definition) is 3. The highest BCUT2D eigenvalue weighted by molar-refractivity contribution is 5.78. The number of guanidine groups is 1. The van der Waals surface area contributed by atoms with Crippen LogP contribution in [0.3, 0.4) is 0 Å². The van der Waals surface area contributed by atoms with Crippen LogP contribution in [-0.2, 0) is 0 Å². The van der Waals surface area contributed by atoms with Gasteiger partial charge in [-0.2, -0.15) is 13.2 Å². The van der Waals surface area contributed by atoms with Crippen molar-refractivity contribution < 1.29 is 18.3 Å². The molecule has 20 heavy (non-hydrogen) atoms. The molecule has 1 aliphatic carbocycles. The van der Waals surface area contributed by atoms with Gasteiger partial charge in [-0.15, -0.1) is 0 Å². The second-order valence-corrected chi connectivity index (χ2v) is 6.64. The molecule has 0 aromatic heterocycles. The number of alkyl halides is 3. The summed E-state index contributed by atoms with van der Waals surface area (Å²) < 4.78 is 38.2. The number of aliphatic imine (C=N–C) groups is 1. The van der Waals surface area contributed by atoms with Crippen LogP contribution in [0, 0.1) is 5.92 Å². The Morgan fingerprint density at radius 2 is 2.00 bits per heavy atom. The topological polar surface area (TPSA) is 70.6 Å². The summed E-state index contributed by atoms with van der Waals surface area (Å²) in [5.74, 6) is -1.31. The maximum atomic E-state index is 12.7. The lowest BCUT2D eigenvalue weighted by Crippen LogP contribution is -2.47. The van der Waals surface area contributed by atoms with Crippen molar-refractivity contribution in [2.75, 3.05) is 6.54 Å². The molecule has 118 valence electrons. The molecule has 0 amide bonds. The summed E-state index contributed by atoms with van der Waals surface area (Å²) >= 11 is 0. The molecule has 0 aliphatic heterocycles. The summed E-state index contributed by atoms with van der Waals surface area (Å²) in [5.41, 5.74) is 3.97. The average molecular weight is 295 g/mol. The van der Waals surface area contributed by atoms with Gasteiger partial charge in [0.05, 0.1) is 18.1 Å². The lowest BCUT2D eigenvalue weighted by molar-refractivity contribution is -0.199. The fraction of sp³-hybridized carbons (Fsp3) is 0.923. The molecule has 1 fully saturated rings. The van der Waals surface area contributed by atoms with Crippen molar-refractivity contribution in [3.63, 3.8) is 0 Å². The van der Waals surface area contributed by atoms with Crippen molar-refractivity contribution in [1.82, 2.24) is 5.32 Å². The van der Waals surface area contributed by atoms with E-state index in [0.29, 0.717) is 12.8 Å². The van der Waals surface area contributed by atoms with E-state index in [2.05, 4.69) is 10.3 Å². The van der Waals surface area contributed by atoms with Crippen LogP contribution in [0.25, 0.3) is 0 Å². The molecule has 0 heterocycles. The summed E-state index contributed by atoms with van der Waals surface area (Å²) in [4.78, 5) is 3.99. The first-order chi connectivity index (χ1) is 8.91. The Hall–Kier alpha value is -0.980. The van der Waals surface area contributed by atoms with Crippen LogP contribution in [-0.4, -0.2) is 34.9 Å². The maximum Gasteiger partial charge on any atom is 0.391 e. The van der Waals surface area contributed by atoms with Crippen LogP contribution in [0.15, 0.2) is 4.99 Å². The van der Waals surface area contributed by atoms with Gasteiger partial charge in [-0.25, -0.2) is 0 Å². The summed E-state index contributed by atoms with van der Waals surface area (Å²) in [6, 6.07) is 0. The molecule has 1 aliphatic rings. The molecular formula is C13H24F3N3O. The minimum atomic E-state index is -4.26. The third-order valence-corrected chi connectivity index (χ3v) is 3.33. The monoisotopic (exact) mass is 295 g/mol. The summed E-state index contributed by atoms with van der Waals surface area (Å²) in [5, 5.41) is 13.2. The van der Waals surface area contributed by atoms with Crippen LogP contribution in [0.2, 0.25) is 0 Å². The Morgan fingerprint density at radius 1 is 1.40 bits per heavy atom. The predicted octanol–water partition coefficient (Wildman–Crippen LogP) is 2.17. The van der Waals surface area contributed by atoms with Crippen molar-refractivity contribution in [3.8, 4) is 0 Å². The van der Waals surface area contributed by atoms with Gasteiger partial charge in [0, 0.05) is 5.54 Å². The van der Waals surface area contributed by atoms with E-state index in [9.17, 15) is 18.3 Å². The molecule has 4 N–H and O–H groups in total. The third kappa shape index (κ3) is 5.56. The van der Waals surface area contributed by atoms with E-state index >= 15 is 0 Å². The van der Waals surface area contributed by atoms with Crippen LogP contribution in [0.1, 0.15) is 46.5 Å². The molecule has 2 atom stereocenters. The smallest absolute Gasteiger partial charge is 0.388 e. The quantitative estimate of drug-likeness (QED) is 0.540. The number of halogens is 3. The van der Waals surface area contributed by atoms with E-state index in [1.807, 2.05) is 20.8 Å². The Kier molecular flexibility index (Phi) is 4.94. The largest absolute Gasteiger partial charge is 0.391 e. The fourth-order valence-electron chi connectivity index (χ4n) is 2.42. The van der Waals surface area contributed by atoms with Gasteiger partial charge < -0.3 is 16.2 Å². The van der Waals surface area contributed by atoms with Crippen molar-refractivity contribution in [2.45, 2.75) is 63.8 Å². The Labute approximate surface area is 117 Å². The van der Waals surface area contributed by atoms with E-state index in [1.165, 1.54) is 0 Å². The summed E-state index contributed by atoms with van der Waals surface area (Å²) in [7, 11) is 0. The summed E-state index contributed by atoms with van der Waals surface area (Å²) in [6.07, 6.45) is -3.81. The first-order valence-corrected chi connectivity index (χ1v) is 6.78. The van der Waals surface area contributed by atoms with Crippen molar-refractivity contribution in [2.24, 2.45) is 16.6 Å². The highest BCUT2D eigenvalue weighted by Crippen LogP contribution is 2.41. The SMILES string of the molecule is CC(C)(C)NC(N)=NCC1(O)CCCC(C(F)(F)F)C1. The number of nitrogens with two attached hydrogens (primary N) is 1. The van der Waals surface area contributed by atoms with Gasteiger partial charge in [-0.1, -0.05) is 0 Å². The molecular weight excluding hydrogens is 271 g/mol. The zero-order valence-corrected chi connectivity index (χ0v) is 12.2. The second kappa shape index (κ2) is 5.79. The van der Waals surface area contributed by atoms with E-state index in [-0.39, 0.29) is 30.9 Å². The van der Waals surface area contributed by atoms with Gasteiger partial charge in [0.2, 0.25) is 0 Å². The Morgan fingerprint density at radius 3 is 2.50 bits per heavy atom. The molecule has 1 saturated carbocycles. The molecule has 4 nitrogen and oxygen atoms in total. The van der Waals surface area contributed by atoms with E-state index < -0.39 is 17.7 Å². The first-order valence-electron chi connectivity index (χ1n) is 6.78. The predicted molar refractivity (Wildman–Crippen MR) is 72.3 cm³/mol. The lowest BCUT2D eigenvalue weighted by atomic mass is 9.78. The molecule has 0 aromatic carbocycles. The van der Waals surface area contributed by atoms with E-state index in [4.69, 9.17) is 5.73 Å². The second-order valence-electron chi connectivity index (χ2n) is 6.64. The fourth-order valence-corrected chi connectivity index (χ4v) is 2.42. The van der Waals surface area contributed by atoms with Crippen molar-refractivity contribution in [3.05, 3.63) is 0 Å². The van der Waals surface area contributed by atoms with Gasteiger partial charge >= 0.3 is 6.18 Å². The number of rotatable bonds is 2. The van der Waals surface area contributed by atoms with Crippen LogP contribution < -0.4 is 11.1 Å². The van der Waals surface area contributed by atoms with Crippen molar-refractivity contribution in [1.29, 1.82) is 0 Å². The Bertz CT molecular complexity index is 363. The first kappa shape index (κ1) is 17.1. The van der Waals surface area contributed by atoms with E-state index in [1.54, 1.807) is 0 Å². The molecule has 0 bridgehead atoms. The van der Waals surface area contributed by atoms with Crippen LogP contribution in [0.5, 0.6) is 0 Å². The molecule has 0 radical (unpaired) electrons. The number of nitrogens with one attached hydrogen (secondary N) is 1. The van der Waals surface area contributed by atoms with E-state index in [0.717, 1.165) is 0 Å². The molecule has 2 unspecified atom stereocenters. The number of aliphatic hydroxyl groups is 1. The Balaban J connectivity index is 2.64. The highest BCUT2D eigenvalue weighted by Gasteiger charge is 2.46. The minimum Gasteiger partial charge on any atom is -0.388 e. The normalized spacial score (nSPS) is 29.4. The van der Waals surface area contributed by atoms with Gasteiger partial charge in [-0.05, 0) is 46.5 Å². The average Bonchev–Trinajstić information content (AvgIpc) is 2.23. The highest BCUT2D eigenvalue weighted by atomic mass is 19.4. The van der Waals surface area contributed by atoms with Gasteiger partial charge in [0.1, 0.15) is 0 Å². The maximum absolute atomic E-state index is 12.7. The van der Waals surface area contributed by atoms with Gasteiger partial charge in [0.15, 0.2) is 5.96 Å². The molecule has 7 heteroatoms. The standard InChI is InChI=1S/C13H24F3N3O/c1-11(2,3)19-10(17)18-8-12(20)6-4-5-9(7-12)13(14,15)16/h9,20H,4-8H2,1-3H3,(H3,17,18,19). The zero-order chi connectivity index (χ0) is 15.6. The third-order valence-electron chi connectivity index (χ3n) is 3.33. The number of hydrogen-bond acceptors (Lipinski definition) is 2. The van der Waals surface area contributed by atoms with Gasteiger partial charge in [-0.3, -0.25) is 4.99 Å².